The van der Waals surface area contributed by atoms with Crippen molar-refractivity contribution in [3.63, 3.8) is 0 Å². The van der Waals surface area contributed by atoms with Crippen LogP contribution in [0, 0.1) is 0 Å². The van der Waals surface area contributed by atoms with Crippen LogP contribution in [0.4, 0.5) is 11.5 Å². The fourth-order valence-corrected chi connectivity index (χ4v) is 5.04. The molecular weight excluding hydrogens is 598 g/mol. The van der Waals surface area contributed by atoms with Crippen molar-refractivity contribution in [2.75, 3.05) is 32.8 Å². The van der Waals surface area contributed by atoms with Gasteiger partial charge in [0.05, 0.1) is 24.8 Å². The first-order valence-corrected chi connectivity index (χ1v) is 14.7. The van der Waals surface area contributed by atoms with Crippen LogP contribution in [-0.4, -0.2) is 54.8 Å². The van der Waals surface area contributed by atoms with E-state index in [9.17, 15) is 14.4 Å². The number of carbonyl (C=O) groups excluding carboxylic acids is 3. The smallest absolute Gasteiger partial charge is 0.196 e. The molecule has 1 heterocycles. The van der Waals surface area contributed by atoms with E-state index >= 15 is 0 Å². The Morgan fingerprint density at radius 1 is 0.787 bits per heavy atom. The molecule has 1 aliphatic carbocycles. The van der Waals surface area contributed by atoms with Crippen LogP contribution >= 0.6 is 0 Å². The summed E-state index contributed by atoms with van der Waals surface area (Å²) in [4.78, 5) is 47.7. The van der Waals surface area contributed by atoms with Crippen LogP contribution in [0.15, 0.2) is 109 Å². The van der Waals surface area contributed by atoms with E-state index in [1.165, 1.54) is 24.6 Å². The lowest BCUT2D eigenvalue weighted by molar-refractivity contribution is -0.113. The average molecular weight is 628 g/mol. The Morgan fingerprint density at radius 2 is 1.60 bits per heavy atom. The van der Waals surface area contributed by atoms with Crippen molar-refractivity contribution >= 4 is 45.3 Å². The van der Waals surface area contributed by atoms with Crippen LogP contribution in [0.1, 0.15) is 21.5 Å². The zero-order valence-corrected chi connectivity index (χ0v) is 25.6. The van der Waals surface area contributed by atoms with Gasteiger partial charge in [0.1, 0.15) is 30.3 Å². The molecule has 47 heavy (non-hydrogen) atoms. The third-order valence-electron chi connectivity index (χ3n) is 7.34. The first kappa shape index (κ1) is 30.9. The normalized spacial score (nSPS) is 12.5. The van der Waals surface area contributed by atoms with E-state index < -0.39 is 0 Å². The highest BCUT2D eigenvalue weighted by Crippen LogP contribution is 2.38. The lowest BCUT2D eigenvalue weighted by atomic mass is 9.95. The Balaban J connectivity index is 1.38. The second kappa shape index (κ2) is 13.9. The third-order valence-corrected chi connectivity index (χ3v) is 7.34. The molecule has 234 valence electrons. The van der Waals surface area contributed by atoms with Crippen LogP contribution in [0.5, 0.6) is 23.0 Å². The Kier molecular flexibility index (Phi) is 9.12. The predicted octanol–water partition coefficient (Wildman–Crippen LogP) is 6.52. The van der Waals surface area contributed by atoms with Gasteiger partial charge in [0, 0.05) is 40.9 Å². The number of para-hydroxylation sites is 1. The molecule has 0 radical (unpaired) electrons. The maximum atomic E-state index is 13.4. The molecular formula is C37H29N3O7. The molecule has 0 unspecified atom stereocenters. The molecule has 0 amide bonds. The summed E-state index contributed by atoms with van der Waals surface area (Å²) in [5.41, 5.74) is 2.51. The van der Waals surface area contributed by atoms with Crippen LogP contribution in [-0.2, 0) is 14.3 Å². The number of ether oxygens (including phenoxy) is 4. The number of aromatic nitrogens is 2. The van der Waals surface area contributed by atoms with Gasteiger partial charge in [-0.25, -0.2) is 9.97 Å². The summed E-state index contributed by atoms with van der Waals surface area (Å²) in [6, 6.07) is 24.4. The molecule has 0 saturated carbocycles. The molecule has 1 N–H and O–H groups in total. The van der Waals surface area contributed by atoms with E-state index in [0.29, 0.717) is 69.6 Å². The zero-order valence-electron chi connectivity index (χ0n) is 25.6. The minimum atomic E-state index is -0.363. The molecule has 0 aliphatic heterocycles. The fraction of sp³-hybridized carbons (Fsp3) is 0.108. The van der Waals surface area contributed by atoms with Gasteiger partial charge in [0.15, 0.2) is 28.8 Å². The number of rotatable bonds is 12. The number of hydrogen-bond donors (Lipinski definition) is 1. The molecule has 1 aliphatic rings. The van der Waals surface area contributed by atoms with E-state index in [2.05, 4.69) is 15.3 Å². The molecule has 0 spiro atoms. The second-order valence-electron chi connectivity index (χ2n) is 10.4. The average Bonchev–Trinajstić information content (AvgIpc) is 3.10. The maximum absolute atomic E-state index is 13.4. The van der Waals surface area contributed by atoms with E-state index in [4.69, 9.17) is 18.9 Å². The minimum absolute atomic E-state index is 0.148. The largest absolute Gasteiger partial charge is 0.493 e. The van der Waals surface area contributed by atoms with Crippen LogP contribution < -0.4 is 19.5 Å². The van der Waals surface area contributed by atoms with Gasteiger partial charge in [-0.05, 0) is 54.6 Å². The molecule has 1 aromatic heterocycles. The molecule has 0 saturated heterocycles. The van der Waals surface area contributed by atoms with E-state index in [0.717, 1.165) is 0 Å². The number of anilines is 2. The highest BCUT2D eigenvalue weighted by atomic mass is 16.5. The quantitative estimate of drug-likeness (QED) is 0.0928. The summed E-state index contributed by atoms with van der Waals surface area (Å²) >= 11 is 0. The highest BCUT2D eigenvalue weighted by Gasteiger charge is 2.22. The van der Waals surface area contributed by atoms with Crippen molar-refractivity contribution in [3.05, 3.63) is 126 Å². The van der Waals surface area contributed by atoms with Crippen molar-refractivity contribution < 1.29 is 33.3 Å². The second-order valence-corrected chi connectivity index (χ2v) is 10.4. The van der Waals surface area contributed by atoms with Gasteiger partial charge in [0.2, 0.25) is 0 Å². The van der Waals surface area contributed by atoms with Crippen LogP contribution in [0.2, 0.25) is 0 Å². The number of carbonyl (C=O) groups is 3. The van der Waals surface area contributed by atoms with Gasteiger partial charge < -0.3 is 24.3 Å². The summed E-state index contributed by atoms with van der Waals surface area (Å²) in [6.07, 6.45) is 5.14. The van der Waals surface area contributed by atoms with Gasteiger partial charge in [-0.15, -0.1) is 0 Å². The van der Waals surface area contributed by atoms with Crippen LogP contribution in [0.3, 0.4) is 0 Å². The molecule has 0 bridgehead atoms. The highest BCUT2D eigenvalue weighted by molar-refractivity contribution is 6.34. The lowest BCUT2D eigenvalue weighted by Crippen LogP contribution is -2.09. The molecule has 10 heteroatoms. The first-order chi connectivity index (χ1) is 22.9. The summed E-state index contributed by atoms with van der Waals surface area (Å²) < 4.78 is 22.8. The summed E-state index contributed by atoms with van der Waals surface area (Å²) in [6.45, 7) is 0.748. The topological polar surface area (TPSA) is 126 Å². The maximum Gasteiger partial charge on any atom is 0.196 e. The summed E-state index contributed by atoms with van der Waals surface area (Å²) in [5, 5.41) is 3.96. The molecule has 4 aromatic carbocycles. The van der Waals surface area contributed by atoms with Crippen molar-refractivity contribution in [2.24, 2.45) is 0 Å². The van der Waals surface area contributed by atoms with Crippen LogP contribution in [0.25, 0.3) is 16.5 Å². The van der Waals surface area contributed by atoms with Gasteiger partial charge in [-0.3, -0.25) is 14.4 Å². The number of ketones is 3. The Labute approximate surface area is 270 Å². The van der Waals surface area contributed by atoms with E-state index in [-0.39, 0.29) is 28.7 Å². The molecule has 0 fully saturated rings. The summed E-state index contributed by atoms with van der Waals surface area (Å²) in [7, 11) is 3.14. The molecule has 0 atom stereocenters. The number of benzene rings is 4. The monoisotopic (exact) mass is 627 g/mol. The standard InChI is InChI=1S/C37H29N3O7/c1-44-16-17-46-35-21-30-29(20-34(35)45-2)37(39-22-38-30)40-24-12-15-33(28(18-24)27-19-25(41)13-14-31(27)42)47-32-11-7-6-10-26(32)36(43)23-8-4-3-5-9-23/h3-15,18-22H,16-17H2,1-2H3,(H,38,39,40). The van der Waals surface area contributed by atoms with Gasteiger partial charge >= 0.3 is 0 Å². The van der Waals surface area contributed by atoms with Crippen molar-refractivity contribution in [1.29, 1.82) is 0 Å². The lowest BCUT2D eigenvalue weighted by Gasteiger charge is -2.18. The number of fused-ring (bicyclic) bond motifs is 1. The van der Waals surface area contributed by atoms with Gasteiger partial charge in [-0.1, -0.05) is 42.5 Å². The molecule has 10 nitrogen and oxygen atoms in total. The number of methoxy groups -OCH3 is 2. The van der Waals surface area contributed by atoms with Crippen molar-refractivity contribution in [3.8, 4) is 23.0 Å². The van der Waals surface area contributed by atoms with Crippen molar-refractivity contribution in [2.45, 2.75) is 0 Å². The number of hydrogen-bond acceptors (Lipinski definition) is 10. The minimum Gasteiger partial charge on any atom is -0.493 e. The Bertz CT molecular complexity index is 2050. The number of allylic oxidation sites excluding steroid dienone is 4. The Hall–Kier alpha value is -6.13. The number of nitrogens with zero attached hydrogens (tertiary/aromatic N) is 2. The first-order valence-electron chi connectivity index (χ1n) is 14.7. The van der Waals surface area contributed by atoms with Crippen molar-refractivity contribution in [1.82, 2.24) is 9.97 Å². The fourth-order valence-electron chi connectivity index (χ4n) is 5.04. The van der Waals surface area contributed by atoms with Gasteiger partial charge in [0.25, 0.3) is 0 Å². The van der Waals surface area contributed by atoms with E-state index in [1.807, 2.05) is 6.07 Å². The third kappa shape index (κ3) is 6.77. The van der Waals surface area contributed by atoms with Gasteiger partial charge in [-0.2, -0.15) is 0 Å². The SMILES string of the molecule is COCCOc1cc2ncnc(Nc3ccc(Oc4ccccc4C(=O)c4ccccc4)c(C4=CC(=O)C=CC4=O)c3)c2cc1OC. The Morgan fingerprint density at radius 3 is 2.40 bits per heavy atom. The predicted molar refractivity (Wildman–Crippen MR) is 177 cm³/mol. The molecule has 6 rings (SSSR count). The zero-order chi connectivity index (χ0) is 32.8. The molecule has 5 aromatic rings. The van der Waals surface area contributed by atoms with E-state index in [1.54, 1.807) is 93.1 Å². The summed E-state index contributed by atoms with van der Waals surface area (Å²) in [5.74, 6) is 1.13. The number of nitrogens with one attached hydrogen (secondary N) is 1.